The lowest BCUT2D eigenvalue weighted by atomic mass is 9.98. The van der Waals surface area contributed by atoms with Gasteiger partial charge in [-0.15, -0.1) is 0 Å². The quantitative estimate of drug-likeness (QED) is 0.909. The molecular weight excluding hydrogens is 258 g/mol. The Morgan fingerprint density at radius 3 is 2.60 bits per heavy atom. The fraction of sp³-hybridized carbons (Fsp3) is 0.571. The predicted molar refractivity (Wildman–Crippen MR) is 72.6 cm³/mol. The summed E-state index contributed by atoms with van der Waals surface area (Å²) in [5.74, 6) is -1.29. The first-order chi connectivity index (χ1) is 9.63. The van der Waals surface area contributed by atoms with E-state index in [1.54, 1.807) is 0 Å². The Kier molecular flexibility index (Phi) is 4.65. The van der Waals surface area contributed by atoms with E-state index in [2.05, 4.69) is 16.9 Å². The lowest BCUT2D eigenvalue weighted by Gasteiger charge is -2.35. The predicted octanol–water partition coefficient (Wildman–Crippen LogP) is 1.97. The Hall–Kier alpha value is -1.98. The number of carboxylic acid groups (broad SMARTS) is 1. The molecule has 1 aliphatic heterocycles. The molecule has 1 amide bonds. The molecular formula is C14H19N3O3. The second kappa shape index (κ2) is 6.45. The fourth-order valence-electron chi connectivity index (χ4n) is 2.60. The lowest BCUT2D eigenvalue weighted by Crippen LogP contribution is -2.44. The van der Waals surface area contributed by atoms with Gasteiger partial charge in [0, 0.05) is 12.6 Å². The highest BCUT2D eigenvalue weighted by Crippen LogP contribution is 2.22. The SMILES string of the molecule is CCCC1CCCCN1C(=O)c1cnc(C(=O)O)cn1. The molecule has 0 bridgehead atoms. The van der Waals surface area contributed by atoms with E-state index in [-0.39, 0.29) is 23.3 Å². The summed E-state index contributed by atoms with van der Waals surface area (Å²) in [6, 6.07) is 0.266. The van der Waals surface area contributed by atoms with Crippen molar-refractivity contribution in [3.8, 4) is 0 Å². The van der Waals surface area contributed by atoms with Crippen LogP contribution in [0.25, 0.3) is 0 Å². The Morgan fingerprint density at radius 2 is 2.00 bits per heavy atom. The van der Waals surface area contributed by atoms with Gasteiger partial charge in [0.25, 0.3) is 5.91 Å². The van der Waals surface area contributed by atoms with E-state index in [9.17, 15) is 9.59 Å². The molecule has 1 fully saturated rings. The molecule has 1 aromatic rings. The first-order valence-corrected chi connectivity index (χ1v) is 6.99. The van der Waals surface area contributed by atoms with E-state index < -0.39 is 5.97 Å². The minimum atomic E-state index is -1.14. The average molecular weight is 277 g/mol. The summed E-state index contributed by atoms with van der Waals surface area (Å²) in [4.78, 5) is 32.7. The molecule has 6 nitrogen and oxygen atoms in total. The zero-order valence-corrected chi connectivity index (χ0v) is 11.6. The number of carboxylic acids is 1. The summed E-state index contributed by atoms with van der Waals surface area (Å²) in [5.41, 5.74) is 0.0725. The van der Waals surface area contributed by atoms with Crippen molar-refractivity contribution in [1.82, 2.24) is 14.9 Å². The molecule has 0 saturated carbocycles. The highest BCUT2D eigenvalue weighted by Gasteiger charge is 2.27. The summed E-state index contributed by atoms with van der Waals surface area (Å²) in [7, 11) is 0. The van der Waals surface area contributed by atoms with Crippen molar-refractivity contribution in [2.75, 3.05) is 6.54 Å². The van der Waals surface area contributed by atoms with E-state index >= 15 is 0 Å². The van der Waals surface area contributed by atoms with Gasteiger partial charge in [0.05, 0.1) is 12.4 Å². The third-order valence-electron chi connectivity index (χ3n) is 3.60. The molecule has 1 unspecified atom stereocenters. The van der Waals surface area contributed by atoms with Gasteiger partial charge in [-0.05, 0) is 25.7 Å². The molecule has 0 radical (unpaired) electrons. The molecule has 1 N–H and O–H groups in total. The van der Waals surface area contributed by atoms with E-state index in [0.29, 0.717) is 0 Å². The second-order valence-electron chi connectivity index (χ2n) is 5.03. The maximum Gasteiger partial charge on any atom is 0.356 e. The van der Waals surface area contributed by atoms with Gasteiger partial charge >= 0.3 is 5.97 Å². The molecule has 20 heavy (non-hydrogen) atoms. The molecule has 1 aliphatic rings. The van der Waals surface area contributed by atoms with Crippen molar-refractivity contribution in [1.29, 1.82) is 0 Å². The van der Waals surface area contributed by atoms with Crippen LogP contribution in [0.15, 0.2) is 12.4 Å². The van der Waals surface area contributed by atoms with Gasteiger partial charge in [-0.25, -0.2) is 14.8 Å². The normalized spacial score (nSPS) is 18.9. The number of likely N-dealkylation sites (tertiary alicyclic amines) is 1. The number of carbonyl (C=O) groups excluding carboxylic acids is 1. The number of amides is 1. The van der Waals surface area contributed by atoms with Crippen LogP contribution in [0.5, 0.6) is 0 Å². The number of nitrogens with zero attached hydrogens (tertiary/aromatic N) is 3. The Balaban J connectivity index is 2.14. The summed E-state index contributed by atoms with van der Waals surface area (Å²) in [5, 5.41) is 8.78. The summed E-state index contributed by atoms with van der Waals surface area (Å²) in [6.07, 6.45) is 7.60. The van der Waals surface area contributed by atoms with E-state index in [0.717, 1.165) is 44.8 Å². The molecule has 0 aromatic carbocycles. The number of hydrogen-bond donors (Lipinski definition) is 1. The fourth-order valence-corrected chi connectivity index (χ4v) is 2.60. The van der Waals surface area contributed by atoms with Crippen molar-refractivity contribution in [3.05, 3.63) is 23.8 Å². The molecule has 1 aromatic heterocycles. The van der Waals surface area contributed by atoms with Gasteiger partial charge in [0.1, 0.15) is 5.69 Å². The first-order valence-electron chi connectivity index (χ1n) is 6.99. The zero-order chi connectivity index (χ0) is 14.5. The van der Waals surface area contributed by atoms with Crippen LogP contribution in [-0.4, -0.2) is 44.4 Å². The maximum absolute atomic E-state index is 12.4. The lowest BCUT2D eigenvalue weighted by molar-refractivity contribution is 0.0591. The van der Waals surface area contributed by atoms with E-state index in [4.69, 9.17) is 5.11 Å². The van der Waals surface area contributed by atoms with E-state index in [1.165, 1.54) is 6.20 Å². The van der Waals surface area contributed by atoms with Crippen molar-refractivity contribution >= 4 is 11.9 Å². The van der Waals surface area contributed by atoms with Crippen LogP contribution < -0.4 is 0 Å². The van der Waals surface area contributed by atoms with Crippen LogP contribution in [0.2, 0.25) is 0 Å². The van der Waals surface area contributed by atoms with Crippen molar-refractivity contribution in [2.45, 2.75) is 45.1 Å². The maximum atomic E-state index is 12.4. The number of rotatable bonds is 4. The topological polar surface area (TPSA) is 83.4 Å². The van der Waals surface area contributed by atoms with Gasteiger partial charge in [0.15, 0.2) is 5.69 Å². The summed E-state index contributed by atoms with van der Waals surface area (Å²) < 4.78 is 0. The van der Waals surface area contributed by atoms with Crippen LogP contribution in [0, 0.1) is 0 Å². The third-order valence-corrected chi connectivity index (χ3v) is 3.60. The minimum absolute atomic E-state index is 0.146. The molecule has 2 rings (SSSR count). The number of aromatic nitrogens is 2. The van der Waals surface area contributed by atoms with Crippen LogP contribution in [0.3, 0.4) is 0 Å². The van der Waals surface area contributed by atoms with Gasteiger partial charge in [-0.1, -0.05) is 13.3 Å². The van der Waals surface area contributed by atoms with E-state index in [1.807, 2.05) is 4.90 Å². The number of hydrogen-bond acceptors (Lipinski definition) is 4. The molecule has 2 heterocycles. The Morgan fingerprint density at radius 1 is 1.30 bits per heavy atom. The van der Waals surface area contributed by atoms with Crippen LogP contribution >= 0.6 is 0 Å². The van der Waals surface area contributed by atoms with Crippen LogP contribution in [0.4, 0.5) is 0 Å². The van der Waals surface area contributed by atoms with Crippen molar-refractivity contribution in [2.24, 2.45) is 0 Å². The largest absolute Gasteiger partial charge is 0.476 e. The number of carbonyl (C=O) groups is 2. The highest BCUT2D eigenvalue weighted by atomic mass is 16.4. The highest BCUT2D eigenvalue weighted by molar-refractivity contribution is 5.93. The first kappa shape index (κ1) is 14.4. The molecule has 6 heteroatoms. The monoisotopic (exact) mass is 277 g/mol. The zero-order valence-electron chi connectivity index (χ0n) is 11.6. The summed E-state index contributed by atoms with van der Waals surface area (Å²) >= 11 is 0. The molecule has 1 saturated heterocycles. The van der Waals surface area contributed by atoms with Crippen molar-refractivity contribution < 1.29 is 14.7 Å². The van der Waals surface area contributed by atoms with Gasteiger partial charge < -0.3 is 10.0 Å². The third kappa shape index (κ3) is 3.12. The van der Waals surface area contributed by atoms with Crippen molar-refractivity contribution in [3.63, 3.8) is 0 Å². The van der Waals surface area contributed by atoms with Gasteiger partial charge in [-0.3, -0.25) is 4.79 Å². The number of aromatic carboxylic acids is 1. The molecule has 108 valence electrons. The standard InChI is InChI=1S/C14H19N3O3/c1-2-5-10-6-3-4-7-17(10)13(18)11-8-16-12(9-15-11)14(19)20/h8-10H,2-7H2,1H3,(H,19,20). The van der Waals surface area contributed by atoms with Gasteiger partial charge in [-0.2, -0.15) is 0 Å². The molecule has 1 atom stereocenters. The average Bonchev–Trinajstić information content (AvgIpc) is 2.47. The Bertz CT molecular complexity index is 485. The molecule has 0 spiro atoms. The van der Waals surface area contributed by atoms with Crippen LogP contribution in [0.1, 0.15) is 60.0 Å². The number of piperidine rings is 1. The van der Waals surface area contributed by atoms with Gasteiger partial charge in [0.2, 0.25) is 0 Å². The molecule has 0 aliphatic carbocycles. The smallest absolute Gasteiger partial charge is 0.356 e. The Labute approximate surface area is 117 Å². The summed E-state index contributed by atoms with van der Waals surface area (Å²) in [6.45, 7) is 2.85. The van der Waals surface area contributed by atoms with Crippen LogP contribution in [-0.2, 0) is 0 Å². The minimum Gasteiger partial charge on any atom is -0.476 e. The second-order valence-corrected chi connectivity index (χ2v) is 5.03.